The molecule has 21 heavy (non-hydrogen) atoms. The fourth-order valence-corrected chi connectivity index (χ4v) is 3.53. The van der Waals surface area contributed by atoms with Gasteiger partial charge < -0.3 is 9.72 Å². The number of imidazole rings is 1. The van der Waals surface area contributed by atoms with E-state index in [1.165, 1.54) is 0 Å². The summed E-state index contributed by atoms with van der Waals surface area (Å²) >= 11 is 7.11. The van der Waals surface area contributed by atoms with Gasteiger partial charge in [0, 0.05) is 5.69 Å². The van der Waals surface area contributed by atoms with Gasteiger partial charge in [0.2, 0.25) is 0 Å². The van der Waals surface area contributed by atoms with Crippen LogP contribution in [-0.4, -0.2) is 21.6 Å². The third-order valence-electron chi connectivity index (χ3n) is 3.47. The van der Waals surface area contributed by atoms with Crippen LogP contribution in [0.15, 0.2) is 41.9 Å². The average molecular weight is 313 g/mol. The van der Waals surface area contributed by atoms with Gasteiger partial charge in [-0.15, -0.1) is 11.3 Å². The van der Waals surface area contributed by atoms with E-state index < -0.39 is 0 Å². The largest absolute Gasteiger partial charge is 0.494 e. The standard InChI is InChI=1S/C15H11N3OS2/c1-19-12-4-2-3-11-14(12)17-15(20)18(11)9-5-6-10-13(7-9)21-8-16-10/h2-8H,1H3,(H,17,20). The summed E-state index contributed by atoms with van der Waals surface area (Å²) in [6.07, 6.45) is 0. The summed E-state index contributed by atoms with van der Waals surface area (Å²) in [5, 5.41) is 0. The Balaban J connectivity index is 2.05. The molecule has 2 aromatic carbocycles. The van der Waals surface area contributed by atoms with Crippen LogP contribution in [0, 0.1) is 4.77 Å². The van der Waals surface area contributed by atoms with Crippen molar-refractivity contribution in [1.29, 1.82) is 0 Å². The van der Waals surface area contributed by atoms with Crippen molar-refractivity contribution in [2.45, 2.75) is 0 Å². The van der Waals surface area contributed by atoms with Crippen molar-refractivity contribution >= 4 is 44.8 Å². The lowest BCUT2D eigenvalue weighted by Crippen LogP contribution is -1.93. The lowest BCUT2D eigenvalue weighted by atomic mass is 10.2. The summed E-state index contributed by atoms with van der Waals surface area (Å²) in [4.78, 5) is 7.54. The molecule has 0 fully saturated rings. The summed E-state index contributed by atoms with van der Waals surface area (Å²) in [6.45, 7) is 0. The highest BCUT2D eigenvalue weighted by molar-refractivity contribution is 7.71. The SMILES string of the molecule is COc1cccc2c1[nH]c(=S)n2-c1ccc2ncsc2c1. The number of fused-ring (bicyclic) bond motifs is 2. The van der Waals surface area contributed by atoms with Crippen LogP contribution < -0.4 is 4.74 Å². The Kier molecular flexibility index (Phi) is 2.80. The van der Waals surface area contributed by atoms with Gasteiger partial charge in [-0.3, -0.25) is 4.57 Å². The van der Waals surface area contributed by atoms with Crippen molar-refractivity contribution in [3.05, 3.63) is 46.7 Å². The van der Waals surface area contributed by atoms with Crippen LogP contribution >= 0.6 is 23.6 Å². The van der Waals surface area contributed by atoms with E-state index in [-0.39, 0.29) is 0 Å². The maximum atomic E-state index is 5.48. The molecule has 0 atom stereocenters. The Morgan fingerprint density at radius 3 is 3.05 bits per heavy atom. The Bertz CT molecular complexity index is 1010. The first-order valence-electron chi connectivity index (χ1n) is 6.39. The number of rotatable bonds is 2. The summed E-state index contributed by atoms with van der Waals surface area (Å²) in [5.74, 6) is 0.788. The lowest BCUT2D eigenvalue weighted by Gasteiger charge is -2.05. The maximum absolute atomic E-state index is 5.48. The molecule has 0 aliphatic rings. The Hall–Kier alpha value is -2.18. The zero-order chi connectivity index (χ0) is 14.4. The molecule has 0 saturated carbocycles. The van der Waals surface area contributed by atoms with Crippen molar-refractivity contribution in [2.75, 3.05) is 7.11 Å². The molecule has 0 bridgehead atoms. The summed E-state index contributed by atoms with van der Waals surface area (Å²) in [7, 11) is 1.66. The van der Waals surface area contributed by atoms with E-state index in [0.29, 0.717) is 4.77 Å². The summed E-state index contributed by atoms with van der Waals surface area (Å²) < 4.78 is 9.21. The summed E-state index contributed by atoms with van der Waals surface area (Å²) in [5.41, 5.74) is 5.80. The smallest absolute Gasteiger partial charge is 0.182 e. The molecule has 0 radical (unpaired) electrons. The van der Waals surface area contributed by atoms with Crippen LogP contribution in [0.4, 0.5) is 0 Å². The number of ether oxygens (including phenoxy) is 1. The van der Waals surface area contributed by atoms with Crippen LogP contribution in [0.3, 0.4) is 0 Å². The normalized spacial score (nSPS) is 11.3. The molecule has 4 rings (SSSR count). The second kappa shape index (κ2) is 4.68. The quantitative estimate of drug-likeness (QED) is 0.561. The second-order valence-corrected chi connectivity index (χ2v) is 5.90. The first-order valence-corrected chi connectivity index (χ1v) is 7.68. The molecule has 2 heterocycles. The first-order chi connectivity index (χ1) is 10.3. The molecule has 0 unspecified atom stereocenters. The Labute approximate surface area is 129 Å². The number of hydrogen-bond donors (Lipinski definition) is 1. The van der Waals surface area contributed by atoms with E-state index in [4.69, 9.17) is 17.0 Å². The van der Waals surface area contributed by atoms with Crippen LogP contribution in [0.5, 0.6) is 5.75 Å². The van der Waals surface area contributed by atoms with Crippen molar-refractivity contribution < 1.29 is 4.74 Å². The van der Waals surface area contributed by atoms with Crippen molar-refractivity contribution in [3.63, 3.8) is 0 Å². The molecule has 0 spiro atoms. The molecule has 4 aromatic rings. The minimum atomic E-state index is 0.651. The van der Waals surface area contributed by atoms with Gasteiger partial charge in [0.15, 0.2) is 4.77 Å². The van der Waals surface area contributed by atoms with Crippen LogP contribution in [0.25, 0.3) is 26.9 Å². The Morgan fingerprint density at radius 1 is 1.29 bits per heavy atom. The highest BCUT2D eigenvalue weighted by Crippen LogP contribution is 2.28. The number of hydrogen-bond acceptors (Lipinski definition) is 4. The van der Waals surface area contributed by atoms with E-state index in [2.05, 4.69) is 16.0 Å². The van der Waals surface area contributed by atoms with Gasteiger partial charge in [-0.25, -0.2) is 4.98 Å². The van der Waals surface area contributed by atoms with Gasteiger partial charge in [-0.05, 0) is 42.5 Å². The molecular weight excluding hydrogens is 302 g/mol. The monoisotopic (exact) mass is 313 g/mol. The molecule has 2 aromatic heterocycles. The van der Waals surface area contributed by atoms with E-state index >= 15 is 0 Å². The molecular formula is C15H11N3OS2. The van der Waals surface area contributed by atoms with E-state index in [1.54, 1.807) is 18.4 Å². The highest BCUT2D eigenvalue weighted by Gasteiger charge is 2.11. The maximum Gasteiger partial charge on any atom is 0.182 e. The van der Waals surface area contributed by atoms with Gasteiger partial charge in [0.05, 0.1) is 28.4 Å². The number of thiazole rings is 1. The molecule has 0 aliphatic carbocycles. The first kappa shape index (κ1) is 12.6. The van der Waals surface area contributed by atoms with E-state index in [1.807, 2.05) is 40.4 Å². The average Bonchev–Trinajstić information content (AvgIpc) is 3.08. The topological polar surface area (TPSA) is 42.8 Å². The number of H-pyrrole nitrogens is 1. The zero-order valence-corrected chi connectivity index (χ0v) is 12.8. The van der Waals surface area contributed by atoms with Gasteiger partial charge in [0.1, 0.15) is 11.3 Å². The van der Waals surface area contributed by atoms with E-state index in [0.717, 1.165) is 32.7 Å². The molecule has 4 nitrogen and oxygen atoms in total. The van der Waals surface area contributed by atoms with Gasteiger partial charge >= 0.3 is 0 Å². The molecule has 0 amide bonds. The predicted molar refractivity (Wildman–Crippen MR) is 88.2 cm³/mol. The van der Waals surface area contributed by atoms with Crippen LogP contribution in [-0.2, 0) is 0 Å². The number of aromatic nitrogens is 3. The second-order valence-electron chi connectivity index (χ2n) is 4.62. The van der Waals surface area contributed by atoms with Crippen molar-refractivity contribution in [3.8, 4) is 11.4 Å². The minimum absolute atomic E-state index is 0.651. The Morgan fingerprint density at radius 2 is 2.19 bits per heavy atom. The molecule has 6 heteroatoms. The predicted octanol–water partition coefficient (Wildman–Crippen LogP) is 4.31. The van der Waals surface area contributed by atoms with Gasteiger partial charge in [-0.2, -0.15) is 0 Å². The third-order valence-corrected chi connectivity index (χ3v) is 4.55. The van der Waals surface area contributed by atoms with Gasteiger partial charge in [-0.1, -0.05) is 6.07 Å². The number of nitrogens with zero attached hydrogens (tertiary/aromatic N) is 2. The summed E-state index contributed by atoms with van der Waals surface area (Å²) in [6, 6.07) is 12.1. The minimum Gasteiger partial charge on any atom is -0.494 e. The highest BCUT2D eigenvalue weighted by atomic mass is 32.1. The molecule has 0 aliphatic heterocycles. The van der Waals surface area contributed by atoms with Crippen LogP contribution in [0.1, 0.15) is 0 Å². The number of aromatic amines is 1. The van der Waals surface area contributed by atoms with Crippen molar-refractivity contribution in [1.82, 2.24) is 14.5 Å². The lowest BCUT2D eigenvalue weighted by molar-refractivity contribution is 0.419. The van der Waals surface area contributed by atoms with Crippen molar-refractivity contribution in [2.24, 2.45) is 0 Å². The number of nitrogens with one attached hydrogen (secondary N) is 1. The van der Waals surface area contributed by atoms with E-state index in [9.17, 15) is 0 Å². The third kappa shape index (κ3) is 1.87. The zero-order valence-electron chi connectivity index (χ0n) is 11.2. The molecule has 0 saturated heterocycles. The number of benzene rings is 2. The molecule has 104 valence electrons. The number of methoxy groups -OCH3 is 1. The van der Waals surface area contributed by atoms with Crippen LogP contribution in [0.2, 0.25) is 0 Å². The molecule has 1 N–H and O–H groups in total. The van der Waals surface area contributed by atoms with Gasteiger partial charge in [0.25, 0.3) is 0 Å². The number of para-hydroxylation sites is 1. The fraction of sp³-hybridized carbons (Fsp3) is 0.0667. The fourth-order valence-electron chi connectivity index (χ4n) is 2.51.